The number of rotatable bonds is 4. The molecule has 0 aliphatic carbocycles. The molecule has 0 bridgehead atoms. The molecule has 6 nitrogen and oxygen atoms in total. The molecule has 1 amide bonds. The first-order valence-corrected chi connectivity index (χ1v) is 10.2. The van der Waals surface area contributed by atoms with Gasteiger partial charge in [0.15, 0.2) is 0 Å². The number of hydrogen-bond acceptors (Lipinski definition) is 4. The summed E-state index contributed by atoms with van der Waals surface area (Å²) in [4.78, 5) is 32.6. The van der Waals surface area contributed by atoms with E-state index in [0.29, 0.717) is 24.6 Å². The predicted molar refractivity (Wildman–Crippen MR) is 109 cm³/mol. The van der Waals surface area contributed by atoms with E-state index in [-0.39, 0.29) is 17.5 Å². The van der Waals surface area contributed by atoms with Crippen LogP contribution in [-0.2, 0) is 6.42 Å². The second-order valence-electron chi connectivity index (χ2n) is 8.00. The molecule has 1 atom stereocenters. The van der Waals surface area contributed by atoms with Gasteiger partial charge in [-0.25, -0.2) is 0 Å². The molecule has 2 saturated heterocycles. The summed E-state index contributed by atoms with van der Waals surface area (Å²) in [5.41, 5.74) is 2.05. The van der Waals surface area contributed by atoms with Crippen molar-refractivity contribution in [2.24, 2.45) is 5.92 Å². The average molecular weight is 380 g/mol. The van der Waals surface area contributed by atoms with E-state index >= 15 is 0 Å². The number of aryl methyl sites for hydroxylation is 1. The Labute approximate surface area is 165 Å². The SMILES string of the molecule is Cc1ccn(C2CCNCC2)c(=O)c1C(=O)N1CCC(Cc2ccccn2)C1. The minimum atomic E-state index is -0.134. The summed E-state index contributed by atoms with van der Waals surface area (Å²) in [5.74, 6) is 0.281. The van der Waals surface area contributed by atoms with Crippen molar-refractivity contribution in [1.82, 2.24) is 19.8 Å². The van der Waals surface area contributed by atoms with E-state index in [1.165, 1.54) is 0 Å². The van der Waals surface area contributed by atoms with Crippen LogP contribution in [0, 0.1) is 12.8 Å². The highest BCUT2D eigenvalue weighted by Crippen LogP contribution is 2.23. The van der Waals surface area contributed by atoms with Crippen molar-refractivity contribution in [2.45, 2.75) is 38.6 Å². The van der Waals surface area contributed by atoms with Gasteiger partial charge in [0.2, 0.25) is 0 Å². The van der Waals surface area contributed by atoms with Crippen LogP contribution in [0.15, 0.2) is 41.5 Å². The van der Waals surface area contributed by atoms with E-state index in [4.69, 9.17) is 0 Å². The zero-order chi connectivity index (χ0) is 19.5. The lowest BCUT2D eigenvalue weighted by Crippen LogP contribution is -2.39. The van der Waals surface area contributed by atoms with Crippen LogP contribution in [0.4, 0.5) is 0 Å². The number of carbonyl (C=O) groups excluding carboxylic acids is 1. The second kappa shape index (κ2) is 8.27. The van der Waals surface area contributed by atoms with Gasteiger partial charge in [-0.15, -0.1) is 0 Å². The molecule has 6 heteroatoms. The van der Waals surface area contributed by atoms with Gasteiger partial charge in [-0.3, -0.25) is 14.6 Å². The first-order chi connectivity index (χ1) is 13.6. The van der Waals surface area contributed by atoms with Gasteiger partial charge in [0, 0.05) is 37.2 Å². The number of amides is 1. The quantitative estimate of drug-likeness (QED) is 0.883. The first kappa shape index (κ1) is 18.9. The fraction of sp³-hybridized carbons (Fsp3) is 0.500. The van der Waals surface area contributed by atoms with E-state index in [0.717, 1.165) is 50.0 Å². The topological polar surface area (TPSA) is 67.2 Å². The summed E-state index contributed by atoms with van der Waals surface area (Å²) in [6, 6.07) is 8.04. The van der Waals surface area contributed by atoms with Gasteiger partial charge in [-0.1, -0.05) is 6.07 Å². The molecule has 2 aliphatic heterocycles. The maximum Gasteiger partial charge on any atom is 0.263 e. The maximum absolute atomic E-state index is 13.2. The van der Waals surface area contributed by atoms with Gasteiger partial charge in [0.25, 0.3) is 11.5 Å². The van der Waals surface area contributed by atoms with Crippen LogP contribution >= 0.6 is 0 Å². The molecule has 2 aromatic rings. The number of aromatic nitrogens is 2. The first-order valence-electron chi connectivity index (χ1n) is 10.2. The van der Waals surface area contributed by atoms with E-state index in [1.54, 1.807) is 4.57 Å². The monoisotopic (exact) mass is 380 g/mol. The zero-order valence-electron chi connectivity index (χ0n) is 16.4. The molecule has 0 aromatic carbocycles. The molecule has 0 spiro atoms. The van der Waals surface area contributed by atoms with E-state index < -0.39 is 0 Å². The van der Waals surface area contributed by atoms with Crippen molar-refractivity contribution >= 4 is 5.91 Å². The molecule has 4 heterocycles. The van der Waals surface area contributed by atoms with Crippen LogP contribution in [0.25, 0.3) is 0 Å². The molecule has 148 valence electrons. The number of piperidine rings is 1. The fourth-order valence-electron chi connectivity index (χ4n) is 4.43. The van der Waals surface area contributed by atoms with Crippen LogP contribution in [-0.4, -0.2) is 46.5 Å². The minimum Gasteiger partial charge on any atom is -0.338 e. The van der Waals surface area contributed by atoms with Gasteiger partial charge < -0.3 is 14.8 Å². The number of likely N-dealkylation sites (tertiary alicyclic amines) is 1. The van der Waals surface area contributed by atoms with Crippen LogP contribution in [0.3, 0.4) is 0 Å². The van der Waals surface area contributed by atoms with Crippen LogP contribution < -0.4 is 10.9 Å². The Bertz CT molecular complexity index is 887. The Balaban J connectivity index is 1.51. The third-order valence-electron chi connectivity index (χ3n) is 6.04. The molecule has 2 aromatic heterocycles. The minimum absolute atomic E-state index is 0.116. The molecule has 4 rings (SSSR count). The lowest BCUT2D eigenvalue weighted by atomic mass is 10.0. The Kier molecular flexibility index (Phi) is 5.57. The molecule has 0 radical (unpaired) electrons. The Hall–Kier alpha value is -2.47. The van der Waals surface area contributed by atoms with Crippen LogP contribution in [0.2, 0.25) is 0 Å². The van der Waals surface area contributed by atoms with Crippen molar-refractivity contribution in [2.75, 3.05) is 26.2 Å². The molecule has 1 N–H and O–H groups in total. The Morgan fingerprint density at radius 1 is 1.21 bits per heavy atom. The highest BCUT2D eigenvalue weighted by Gasteiger charge is 2.30. The number of hydrogen-bond donors (Lipinski definition) is 1. The largest absolute Gasteiger partial charge is 0.338 e. The normalized spacial score (nSPS) is 20.5. The van der Waals surface area contributed by atoms with Gasteiger partial charge >= 0.3 is 0 Å². The van der Waals surface area contributed by atoms with Crippen molar-refractivity contribution < 1.29 is 4.79 Å². The van der Waals surface area contributed by atoms with E-state index in [1.807, 2.05) is 48.5 Å². The van der Waals surface area contributed by atoms with E-state index in [9.17, 15) is 9.59 Å². The lowest BCUT2D eigenvalue weighted by molar-refractivity contribution is 0.0783. The average Bonchev–Trinajstić information content (AvgIpc) is 3.18. The molecule has 2 aliphatic rings. The predicted octanol–water partition coefficient (Wildman–Crippen LogP) is 2.18. The summed E-state index contributed by atoms with van der Waals surface area (Å²) in [7, 11) is 0. The van der Waals surface area contributed by atoms with Crippen LogP contribution in [0.5, 0.6) is 0 Å². The van der Waals surface area contributed by atoms with Crippen LogP contribution in [0.1, 0.15) is 46.9 Å². The zero-order valence-corrected chi connectivity index (χ0v) is 16.4. The lowest BCUT2D eigenvalue weighted by Gasteiger charge is -2.26. The van der Waals surface area contributed by atoms with Gasteiger partial charge in [-0.2, -0.15) is 0 Å². The summed E-state index contributed by atoms with van der Waals surface area (Å²) in [6.45, 7) is 5.09. The van der Waals surface area contributed by atoms with Crippen molar-refractivity contribution in [3.63, 3.8) is 0 Å². The third kappa shape index (κ3) is 3.87. The Morgan fingerprint density at radius 3 is 2.79 bits per heavy atom. The van der Waals surface area contributed by atoms with Crippen molar-refractivity contribution in [3.8, 4) is 0 Å². The number of carbonyl (C=O) groups is 1. The summed E-state index contributed by atoms with van der Waals surface area (Å²) in [5, 5.41) is 3.33. The van der Waals surface area contributed by atoms with E-state index in [2.05, 4.69) is 10.3 Å². The summed E-state index contributed by atoms with van der Waals surface area (Å²) >= 11 is 0. The van der Waals surface area contributed by atoms with Gasteiger partial charge in [-0.05, 0) is 75.4 Å². The van der Waals surface area contributed by atoms with Crippen molar-refractivity contribution in [1.29, 1.82) is 0 Å². The highest BCUT2D eigenvalue weighted by molar-refractivity contribution is 5.95. The maximum atomic E-state index is 13.2. The van der Waals surface area contributed by atoms with Gasteiger partial charge in [0.05, 0.1) is 0 Å². The third-order valence-corrected chi connectivity index (χ3v) is 6.04. The molecule has 2 fully saturated rings. The number of pyridine rings is 2. The molecular weight excluding hydrogens is 352 g/mol. The standard InChI is InChI=1S/C22H28N4O2/c1-16-7-13-26(19-5-10-23-11-6-19)22(28)20(16)21(27)25-12-8-17(15-25)14-18-4-2-3-9-24-18/h2-4,7,9,13,17,19,23H,5-6,8,10-12,14-15H2,1H3. The molecule has 0 saturated carbocycles. The second-order valence-corrected chi connectivity index (χ2v) is 8.00. The molecular formula is C22H28N4O2. The molecule has 28 heavy (non-hydrogen) atoms. The smallest absolute Gasteiger partial charge is 0.263 e. The van der Waals surface area contributed by atoms with Crippen molar-refractivity contribution in [3.05, 3.63) is 63.8 Å². The summed E-state index contributed by atoms with van der Waals surface area (Å²) < 4.78 is 1.78. The highest BCUT2D eigenvalue weighted by atomic mass is 16.2. The molecule has 1 unspecified atom stereocenters. The Morgan fingerprint density at radius 2 is 2.04 bits per heavy atom. The van der Waals surface area contributed by atoms with Gasteiger partial charge in [0.1, 0.15) is 5.56 Å². The summed E-state index contributed by atoms with van der Waals surface area (Å²) in [6.07, 6.45) is 7.34. The number of nitrogens with one attached hydrogen (secondary N) is 1. The number of nitrogens with zero attached hydrogens (tertiary/aromatic N) is 3. The fourth-order valence-corrected chi connectivity index (χ4v) is 4.43.